The number of aliphatic hydroxyl groups is 1. The van der Waals surface area contributed by atoms with Gasteiger partial charge in [-0.25, -0.2) is 0 Å². The average molecular weight is 354 g/mol. The summed E-state index contributed by atoms with van der Waals surface area (Å²) in [6.45, 7) is 1.83. The van der Waals surface area contributed by atoms with Crippen LogP contribution < -0.4 is 10.6 Å². The number of benzene rings is 1. The molecule has 2 rings (SSSR count). The summed E-state index contributed by atoms with van der Waals surface area (Å²) in [5.74, 6) is -0.00102. The van der Waals surface area contributed by atoms with Gasteiger partial charge in [-0.1, -0.05) is 29.3 Å². The van der Waals surface area contributed by atoms with Crippen LogP contribution >= 0.6 is 35.6 Å². The molecule has 0 radical (unpaired) electrons. The van der Waals surface area contributed by atoms with Crippen molar-refractivity contribution in [2.75, 3.05) is 19.6 Å². The molecule has 0 aliphatic carbocycles. The molecule has 0 bridgehead atoms. The number of carbonyl (C=O) groups is 1. The summed E-state index contributed by atoms with van der Waals surface area (Å²) in [6, 6.07) is 5.05. The smallest absolute Gasteiger partial charge is 0.223 e. The van der Waals surface area contributed by atoms with Gasteiger partial charge in [0.15, 0.2) is 0 Å². The summed E-state index contributed by atoms with van der Waals surface area (Å²) in [6.07, 6.45) is 0.755. The molecule has 3 N–H and O–H groups in total. The minimum Gasteiger partial charge on any atom is -0.386 e. The second kappa shape index (κ2) is 8.81. The van der Waals surface area contributed by atoms with E-state index in [4.69, 9.17) is 23.2 Å². The van der Waals surface area contributed by atoms with Gasteiger partial charge in [-0.3, -0.25) is 4.79 Å². The molecular formula is C14H19Cl3N2O2. The van der Waals surface area contributed by atoms with Crippen LogP contribution in [0.1, 0.15) is 24.5 Å². The van der Waals surface area contributed by atoms with Crippen molar-refractivity contribution in [3.05, 3.63) is 33.8 Å². The average Bonchev–Trinajstić information content (AvgIpc) is 2.45. The highest BCUT2D eigenvalue weighted by molar-refractivity contribution is 6.36. The van der Waals surface area contributed by atoms with Crippen molar-refractivity contribution < 1.29 is 9.90 Å². The first kappa shape index (κ1) is 18.5. The Kier molecular flexibility index (Phi) is 7.77. The summed E-state index contributed by atoms with van der Waals surface area (Å²) >= 11 is 12.0. The quantitative estimate of drug-likeness (QED) is 0.779. The number of aliphatic hydroxyl groups excluding tert-OH is 1. The standard InChI is InChI=1S/C14H18Cl2N2O2.ClH/c15-10-2-1-3-11(16)13(10)12(19)8-18-14(20)9-4-6-17-7-5-9;/h1-3,9,12,17,19H,4-8H2,(H,18,20);1H. The molecule has 0 aromatic heterocycles. The van der Waals surface area contributed by atoms with Gasteiger partial charge in [0, 0.05) is 28.1 Å². The normalized spacial score (nSPS) is 16.9. The Morgan fingerprint density at radius 3 is 2.48 bits per heavy atom. The van der Waals surface area contributed by atoms with Crippen LogP contribution in [0.15, 0.2) is 18.2 Å². The Bertz CT molecular complexity index is 459. The summed E-state index contributed by atoms with van der Waals surface area (Å²) in [5, 5.41) is 16.9. The number of hydrogen-bond acceptors (Lipinski definition) is 3. The Labute approximate surface area is 140 Å². The summed E-state index contributed by atoms with van der Waals surface area (Å²) in [7, 11) is 0. The van der Waals surface area contributed by atoms with Crippen LogP contribution in [0.2, 0.25) is 10.0 Å². The van der Waals surface area contributed by atoms with Crippen molar-refractivity contribution in [1.82, 2.24) is 10.6 Å². The maximum atomic E-state index is 12.0. The van der Waals surface area contributed by atoms with Gasteiger partial charge < -0.3 is 15.7 Å². The molecule has 1 atom stereocenters. The van der Waals surface area contributed by atoms with Crippen molar-refractivity contribution in [2.45, 2.75) is 18.9 Å². The van der Waals surface area contributed by atoms with E-state index in [0.717, 1.165) is 25.9 Å². The van der Waals surface area contributed by atoms with Crippen LogP contribution in [0.3, 0.4) is 0 Å². The number of halogens is 3. The van der Waals surface area contributed by atoms with Crippen LogP contribution in [0.25, 0.3) is 0 Å². The van der Waals surface area contributed by atoms with Crippen molar-refractivity contribution in [3.63, 3.8) is 0 Å². The monoisotopic (exact) mass is 352 g/mol. The molecule has 1 aromatic rings. The molecule has 1 heterocycles. The Morgan fingerprint density at radius 1 is 1.33 bits per heavy atom. The van der Waals surface area contributed by atoms with Gasteiger partial charge in [0.05, 0.1) is 6.10 Å². The van der Waals surface area contributed by atoms with E-state index in [1.165, 1.54) is 0 Å². The van der Waals surface area contributed by atoms with Crippen LogP contribution in [0.4, 0.5) is 0 Å². The number of nitrogens with one attached hydrogen (secondary N) is 2. The van der Waals surface area contributed by atoms with E-state index in [9.17, 15) is 9.90 Å². The topological polar surface area (TPSA) is 61.4 Å². The van der Waals surface area contributed by atoms with E-state index < -0.39 is 6.10 Å². The molecular weight excluding hydrogens is 335 g/mol. The number of piperidine rings is 1. The molecule has 4 nitrogen and oxygen atoms in total. The molecule has 1 aromatic carbocycles. The molecule has 0 spiro atoms. The van der Waals surface area contributed by atoms with Gasteiger partial charge >= 0.3 is 0 Å². The van der Waals surface area contributed by atoms with E-state index in [0.29, 0.717) is 15.6 Å². The molecule has 1 saturated heterocycles. The van der Waals surface area contributed by atoms with E-state index in [1.807, 2.05) is 0 Å². The lowest BCUT2D eigenvalue weighted by Crippen LogP contribution is -2.39. The highest BCUT2D eigenvalue weighted by Crippen LogP contribution is 2.29. The third kappa shape index (κ3) is 5.01. The Balaban J connectivity index is 0.00000220. The zero-order valence-corrected chi connectivity index (χ0v) is 13.8. The maximum Gasteiger partial charge on any atom is 0.223 e. The predicted octanol–water partition coefficient (Wildman–Crippen LogP) is 2.56. The molecule has 1 aliphatic rings. The molecule has 1 amide bonds. The second-order valence-corrected chi connectivity index (χ2v) is 5.73. The molecule has 0 saturated carbocycles. The van der Waals surface area contributed by atoms with E-state index in [1.54, 1.807) is 18.2 Å². The first-order valence-electron chi connectivity index (χ1n) is 6.70. The lowest BCUT2D eigenvalue weighted by molar-refractivity contribution is -0.126. The Hall–Kier alpha value is -0.520. The lowest BCUT2D eigenvalue weighted by atomic mass is 9.97. The first-order valence-corrected chi connectivity index (χ1v) is 7.45. The van der Waals surface area contributed by atoms with Crippen molar-refractivity contribution in [1.29, 1.82) is 0 Å². The molecule has 1 aliphatic heterocycles. The second-order valence-electron chi connectivity index (χ2n) is 4.92. The van der Waals surface area contributed by atoms with E-state index >= 15 is 0 Å². The van der Waals surface area contributed by atoms with Crippen LogP contribution in [-0.2, 0) is 4.79 Å². The lowest BCUT2D eigenvalue weighted by Gasteiger charge is -2.23. The summed E-state index contributed by atoms with van der Waals surface area (Å²) < 4.78 is 0. The zero-order chi connectivity index (χ0) is 14.5. The Morgan fingerprint density at radius 2 is 1.90 bits per heavy atom. The predicted molar refractivity (Wildman–Crippen MR) is 87.3 cm³/mol. The fourth-order valence-electron chi connectivity index (χ4n) is 2.36. The minimum atomic E-state index is -0.901. The van der Waals surface area contributed by atoms with Crippen LogP contribution in [-0.4, -0.2) is 30.6 Å². The van der Waals surface area contributed by atoms with Crippen LogP contribution in [0.5, 0.6) is 0 Å². The van der Waals surface area contributed by atoms with E-state index in [-0.39, 0.29) is 30.8 Å². The van der Waals surface area contributed by atoms with Gasteiger partial charge in [-0.05, 0) is 38.1 Å². The van der Waals surface area contributed by atoms with Crippen molar-refractivity contribution in [3.8, 4) is 0 Å². The van der Waals surface area contributed by atoms with Gasteiger partial charge in [-0.15, -0.1) is 12.4 Å². The number of hydrogen-bond donors (Lipinski definition) is 3. The third-order valence-electron chi connectivity index (χ3n) is 3.51. The van der Waals surface area contributed by atoms with Gasteiger partial charge in [-0.2, -0.15) is 0 Å². The molecule has 1 unspecified atom stereocenters. The highest BCUT2D eigenvalue weighted by atomic mass is 35.5. The summed E-state index contributed by atoms with van der Waals surface area (Å²) in [4.78, 5) is 12.0. The minimum absolute atomic E-state index is 0. The molecule has 1 fully saturated rings. The molecule has 7 heteroatoms. The number of rotatable bonds is 4. The number of carbonyl (C=O) groups excluding carboxylic acids is 1. The molecule has 21 heavy (non-hydrogen) atoms. The third-order valence-corrected chi connectivity index (χ3v) is 4.17. The first-order chi connectivity index (χ1) is 9.59. The fourth-order valence-corrected chi connectivity index (χ4v) is 3.01. The maximum absolute atomic E-state index is 12.0. The largest absolute Gasteiger partial charge is 0.386 e. The zero-order valence-electron chi connectivity index (χ0n) is 11.4. The van der Waals surface area contributed by atoms with Gasteiger partial charge in [0.25, 0.3) is 0 Å². The fraction of sp³-hybridized carbons (Fsp3) is 0.500. The summed E-state index contributed by atoms with van der Waals surface area (Å²) in [5.41, 5.74) is 0.460. The van der Waals surface area contributed by atoms with Crippen molar-refractivity contribution in [2.24, 2.45) is 5.92 Å². The van der Waals surface area contributed by atoms with Gasteiger partial charge in [0.2, 0.25) is 5.91 Å². The van der Waals surface area contributed by atoms with Crippen molar-refractivity contribution >= 4 is 41.5 Å². The van der Waals surface area contributed by atoms with E-state index in [2.05, 4.69) is 10.6 Å². The number of amides is 1. The SMILES string of the molecule is Cl.O=C(NCC(O)c1c(Cl)cccc1Cl)C1CCNCC1. The highest BCUT2D eigenvalue weighted by Gasteiger charge is 2.22. The molecule has 118 valence electrons. The van der Waals surface area contributed by atoms with Gasteiger partial charge in [0.1, 0.15) is 0 Å². The van der Waals surface area contributed by atoms with Crippen LogP contribution in [0, 0.1) is 5.92 Å².